The van der Waals surface area contributed by atoms with Crippen molar-refractivity contribution in [2.45, 2.75) is 5.41 Å². The molecule has 0 saturated carbocycles. The van der Waals surface area contributed by atoms with Crippen molar-refractivity contribution in [1.29, 1.82) is 0 Å². The summed E-state index contributed by atoms with van der Waals surface area (Å²) in [6.45, 7) is 0. The molecular formula is C51H30O. The molecule has 10 aromatic rings. The predicted octanol–water partition coefficient (Wildman–Crippen LogP) is 13.6. The van der Waals surface area contributed by atoms with Gasteiger partial charge in [-0.15, -0.1) is 0 Å². The Morgan fingerprint density at radius 2 is 0.962 bits per heavy atom. The first-order chi connectivity index (χ1) is 25.8. The Morgan fingerprint density at radius 1 is 0.327 bits per heavy atom. The van der Waals surface area contributed by atoms with Gasteiger partial charge in [-0.3, -0.25) is 0 Å². The van der Waals surface area contributed by atoms with Crippen LogP contribution in [0.3, 0.4) is 0 Å². The lowest BCUT2D eigenvalue weighted by atomic mass is 9.69. The van der Waals surface area contributed by atoms with E-state index in [1.165, 1.54) is 88.3 Å². The zero-order valence-corrected chi connectivity index (χ0v) is 28.2. The van der Waals surface area contributed by atoms with Crippen molar-refractivity contribution in [3.05, 3.63) is 204 Å². The summed E-state index contributed by atoms with van der Waals surface area (Å²) in [5, 5.41) is 7.25. The lowest BCUT2D eigenvalue weighted by molar-refractivity contribution is 0.669. The monoisotopic (exact) mass is 658 g/mol. The van der Waals surface area contributed by atoms with Gasteiger partial charge < -0.3 is 4.42 Å². The molecule has 1 aromatic heterocycles. The van der Waals surface area contributed by atoms with E-state index >= 15 is 0 Å². The third kappa shape index (κ3) is 3.57. The molecule has 0 aliphatic heterocycles. The first kappa shape index (κ1) is 28.0. The predicted molar refractivity (Wildman–Crippen MR) is 216 cm³/mol. The molecule has 9 aromatic carbocycles. The second kappa shape index (κ2) is 10.2. The van der Waals surface area contributed by atoms with Crippen LogP contribution >= 0.6 is 0 Å². The fourth-order valence-corrected chi connectivity index (χ4v) is 9.69. The highest BCUT2D eigenvalue weighted by atomic mass is 16.3. The summed E-state index contributed by atoms with van der Waals surface area (Å²) < 4.78 is 6.48. The van der Waals surface area contributed by atoms with E-state index in [9.17, 15) is 0 Å². The first-order valence-corrected chi connectivity index (χ1v) is 18.1. The van der Waals surface area contributed by atoms with Gasteiger partial charge in [0.2, 0.25) is 0 Å². The molecule has 240 valence electrons. The molecule has 2 aliphatic rings. The van der Waals surface area contributed by atoms with Crippen LogP contribution in [0.15, 0.2) is 186 Å². The van der Waals surface area contributed by atoms with Crippen LogP contribution in [0, 0.1) is 0 Å². The van der Waals surface area contributed by atoms with E-state index in [1.807, 2.05) is 0 Å². The zero-order chi connectivity index (χ0) is 34.0. The molecule has 2 aliphatic carbocycles. The van der Waals surface area contributed by atoms with Gasteiger partial charge >= 0.3 is 0 Å². The molecule has 1 heteroatoms. The van der Waals surface area contributed by atoms with Crippen molar-refractivity contribution < 1.29 is 4.42 Å². The van der Waals surface area contributed by atoms with Crippen LogP contribution < -0.4 is 0 Å². The van der Waals surface area contributed by atoms with Crippen LogP contribution in [0.4, 0.5) is 0 Å². The highest BCUT2D eigenvalue weighted by Gasteiger charge is 2.53. The zero-order valence-electron chi connectivity index (χ0n) is 28.2. The molecule has 0 amide bonds. The Morgan fingerprint density at radius 3 is 1.75 bits per heavy atom. The molecule has 0 radical (unpaired) electrons. The average Bonchev–Trinajstić information content (AvgIpc) is 3.83. The summed E-state index contributed by atoms with van der Waals surface area (Å²) in [5.74, 6) is 0. The van der Waals surface area contributed by atoms with Gasteiger partial charge in [-0.2, -0.15) is 0 Å². The Kier molecular flexibility index (Phi) is 5.49. The van der Waals surface area contributed by atoms with Crippen LogP contribution in [0.1, 0.15) is 22.3 Å². The molecule has 52 heavy (non-hydrogen) atoms. The van der Waals surface area contributed by atoms with E-state index < -0.39 is 5.41 Å². The summed E-state index contributed by atoms with van der Waals surface area (Å²) >= 11 is 0. The third-order valence-electron chi connectivity index (χ3n) is 11.8. The third-order valence-corrected chi connectivity index (χ3v) is 11.8. The minimum Gasteiger partial charge on any atom is -0.456 e. The molecule has 1 heterocycles. The van der Waals surface area contributed by atoms with Gasteiger partial charge in [-0.05, 0) is 125 Å². The normalized spacial score (nSPS) is 13.5. The smallest absolute Gasteiger partial charge is 0.136 e. The van der Waals surface area contributed by atoms with Gasteiger partial charge in [-0.25, -0.2) is 0 Å². The van der Waals surface area contributed by atoms with Gasteiger partial charge in [0.15, 0.2) is 0 Å². The molecule has 0 saturated heterocycles. The Bertz CT molecular complexity index is 3080. The van der Waals surface area contributed by atoms with Crippen LogP contribution in [0.5, 0.6) is 0 Å². The van der Waals surface area contributed by atoms with E-state index in [2.05, 4.69) is 182 Å². The average molecular weight is 659 g/mol. The minimum atomic E-state index is -0.483. The Hall–Kier alpha value is -6.70. The number of furan rings is 1. The highest BCUT2D eigenvalue weighted by Crippen LogP contribution is 2.66. The van der Waals surface area contributed by atoms with E-state index in [-0.39, 0.29) is 0 Å². The van der Waals surface area contributed by atoms with E-state index in [1.54, 1.807) is 0 Å². The second-order valence-electron chi connectivity index (χ2n) is 14.4. The standard InChI is InChI=1S/C51H30O/c1-2-12-31(13-3-1)34-22-24-40-46(29-34)51(44-20-10-8-18-38(44)39-19-9-11-21-45(39)51)50-37-17-7-6-16-35(37)27-41(49(40)50)36-23-25-47-42(28-36)43-26-32-14-4-5-15-33(32)30-48(43)52-47/h1-30H. The van der Waals surface area contributed by atoms with Gasteiger partial charge in [-0.1, -0.05) is 146 Å². The molecule has 0 unspecified atom stereocenters. The van der Waals surface area contributed by atoms with Crippen molar-refractivity contribution in [3.8, 4) is 44.5 Å². The van der Waals surface area contributed by atoms with Gasteiger partial charge in [0.05, 0.1) is 5.41 Å². The number of rotatable bonds is 2. The maximum absolute atomic E-state index is 6.48. The minimum absolute atomic E-state index is 0.483. The van der Waals surface area contributed by atoms with Crippen molar-refractivity contribution in [2.24, 2.45) is 0 Å². The van der Waals surface area contributed by atoms with Crippen molar-refractivity contribution in [1.82, 2.24) is 0 Å². The van der Waals surface area contributed by atoms with Crippen LogP contribution in [-0.2, 0) is 5.41 Å². The lowest BCUT2D eigenvalue weighted by Crippen LogP contribution is -2.26. The number of hydrogen-bond acceptors (Lipinski definition) is 1. The molecule has 0 atom stereocenters. The summed E-state index contributed by atoms with van der Waals surface area (Å²) in [7, 11) is 0. The summed E-state index contributed by atoms with van der Waals surface area (Å²) in [5.41, 5.74) is 16.9. The largest absolute Gasteiger partial charge is 0.456 e. The maximum atomic E-state index is 6.48. The van der Waals surface area contributed by atoms with E-state index in [4.69, 9.17) is 4.42 Å². The Balaban J connectivity index is 1.23. The molecule has 0 fully saturated rings. The van der Waals surface area contributed by atoms with Crippen molar-refractivity contribution in [2.75, 3.05) is 0 Å². The topological polar surface area (TPSA) is 13.1 Å². The van der Waals surface area contributed by atoms with Crippen LogP contribution in [0.25, 0.3) is 88.0 Å². The number of fused-ring (bicyclic) bond motifs is 16. The fraction of sp³-hybridized carbons (Fsp3) is 0.0196. The van der Waals surface area contributed by atoms with Gasteiger partial charge in [0.1, 0.15) is 11.2 Å². The SMILES string of the molecule is c1ccc(-c2ccc3c(c2)C2(c4ccccc4-c4ccccc42)c2c-3c(-c3ccc4oc5cc6ccccc6cc5c4c3)cc3ccccc23)cc1. The van der Waals surface area contributed by atoms with Crippen molar-refractivity contribution >= 4 is 43.5 Å². The molecular weight excluding hydrogens is 629 g/mol. The molecule has 0 bridgehead atoms. The summed E-state index contributed by atoms with van der Waals surface area (Å²) in [4.78, 5) is 0. The molecule has 0 N–H and O–H groups in total. The van der Waals surface area contributed by atoms with E-state index in [0.717, 1.165) is 21.9 Å². The fourth-order valence-electron chi connectivity index (χ4n) is 9.69. The number of benzene rings is 9. The second-order valence-corrected chi connectivity index (χ2v) is 14.4. The van der Waals surface area contributed by atoms with Gasteiger partial charge in [0.25, 0.3) is 0 Å². The molecule has 1 spiro atoms. The van der Waals surface area contributed by atoms with Gasteiger partial charge in [0, 0.05) is 10.8 Å². The highest BCUT2D eigenvalue weighted by molar-refractivity contribution is 6.13. The van der Waals surface area contributed by atoms with Crippen LogP contribution in [0.2, 0.25) is 0 Å². The Labute approximate surface area is 301 Å². The molecule has 1 nitrogen and oxygen atoms in total. The summed E-state index contributed by atoms with van der Waals surface area (Å²) in [6, 6.07) is 67.4. The van der Waals surface area contributed by atoms with Crippen molar-refractivity contribution in [3.63, 3.8) is 0 Å². The van der Waals surface area contributed by atoms with Crippen LogP contribution in [-0.4, -0.2) is 0 Å². The molecule has 12 rings (SSSR count). The first-order valence-electron chi connectivity index (χ1n) is 18.1. The lowest BCUT2D eigenvalue weighted by Gasteiger charge is -2.32. The maximum Gasteiger partial charge on any atom is 0.136 e. The quantitative estimate of drug-likeness (QED) is 0.180. The number of hydrogen-bond donors (Lipinski definition) is 0. The van der Waals surface area contributed by atoms with E-state index in [0.29, 0.717) is 0 Å². The summed E-state index contributed by atoms with van der Waals surface area (Å²) in [6.07, 6.45) is 0.